The van der Waals surface area contributed by atoms with Crippen molar-refractivity contribution in [3.63, 3.8) is 0 Å². The summed E-state index contributed by atoms with van der Waals surface area (Å²) in [7, 11) is 1.87. The quantitative estimate of drug-likeness (QED) is 0.669. The Labute approximate surface area is 171 Å². The Bertz CT molecular complexity index is 883. The van der Waals surface area contributed by atoms with Gasteiger partial charge in [0.1, 0.15) is 0 Å². The van der Waals surface area contributed by atoms with Gasteiger partial charge in [-0.1, -0.05) is 24.3 Å². The Morgan fingerprint density at radius 3 is 2.48 bits per heavy atom. The first-order valence-corrected chi connectivity index (χ1v) is 9.92. The standard InChI is InChI=1S/C23H27N3O3/c1-26(20-5-3-2-4-19(20)22(27)28)21(23(29)12-14-25-15-13-23)11-10-17-6-8-18(16-24)9-7-17/h2-9,21,25,29H,10-15H2,1H3,(H,27,28). The van der Waals surface area contributed by atoms with Gasteiger partial charge >= 0.3 is 5.97 Å². The summed E-state index contributed by atoms with van der Waals surface area (Å²) in [6.07, 6.45) is 2.63. The molecule has 0 aliphatic carbocycles. The fraction of sp³-hybridized carbons (Fsp3) is 0.391. The highest BCUT2D eigenvalue weighted by molar-refractivity contribution is 5.94. The molecule has 3 rings (SSSR count). The minimum atomic E-state index is -0.976. The second kappa shape index (κ2) is 9.08. The van der Waals surface area contributed by atoms with Crippen LogP contribution in [-0.4, -0.2) is 48.0 Å². The minimum Gasteiger partial charge on any atom is -0.478 e. The Morgan fingerprint density at radius 1 is 1.21 bits per heavy atom. The van der Waals surface area contributed by atoms with Crippen LogP contribution in [0, 0.1) is 11.3 Å². The van der Waals surface area contributed by atoms with E-state index < -0.39 is 11.6 Å². The van der Waals surface area contributed by atoms with Gasteiger partial charge in [0.05, 0.1) is 34.5 Å². The van der Waals surface area contributed by atoms with Gasteiger partial charge in [0.2, 0.25) is 0 Å². The Morgan fingerprint density at radius 2 is 1.86 bits per heavy atom. The number of aryl methyl sites for hydroxylation is 1. The third kappa shape index (κ3) is 4.76. The lowest BCUT2D eigenvalue weighted by atomic mass is 9.81. The van der Waals surface area contributed by atoms with Gasteiger partial charge in [-0.05, 0) is 68.6 Å². The second-order valence-electron chi connectivity index (χ2n) is 7.65. The van der Waals surface area contributed by atoms with Crippen molar-refractivity contribution in [2.75, 3.05) is 25.0 Å². The average Bonchev–Trinajstić information content (AvgIpc) is 2.74. The second-order valence-corrected chi connectivity index (χ2v) is 7.65. The number of aromatic carboxylic acids is 1. The predicted octanol–water partition coefficient (Wildman–Crippen LogP) is 2.81. The van der Waals surface area contributed by atoms with Crippen molar-refractivity contribution in [2.45, 2.75) is 37.3 Å². The zero-order valence-electron chi connectivity index (χ0n) is 16.6. The molecule has 1 fully saturated rings. The first kappa shape index (κ1) is 20.8. The van der Waals surface area contributed by atoms with Gasteiger partial charge < -0.3 is 20.4 Å². The van der Waals surface area contributed by atoms with Crippen LogP contribution < -0.4 is 10.2 Å². The van der Waals surface area contributed by atoms with Gasteiger partial charge in [0.25, 0.3) is 0 Å². The van der Waals surface area contributed by atoms with E-state index in [-0.39, 0.29) is 11.6 Å². The van der Waals surface area contributed by atoms with Crippen molar-refractivity contribution < 1.29 is 15.0 Å². The largest absolute Gasteiger partial charge is 0.478 e. The number of nitriles is 1. The monoisotopic (exact) mass is 393 g/mol. The normalized spacial score (nSPS) is 16.6. The topological polar surface area (TPSA) is 96.6 Å². The molecule has 1 aliphatic heterocycles. The molecule has 0 radical (unpaired) electrons. The van der Waals surface area contributed by atoms with Gasteiger partial charge in [-0.25, -0.2) is 4.79 Å². The first-order chi connectivity index (χ1) is 13.9. The van der Waals surface area contributed by atoms with Crippen LogP contribution >= 0.6 is 0 Å². The molecule has 2 aromatic rings. The number of aliphatic hydroxyl groups is 1. The number of likely N-dealkylation sites (N-methyl/N-ethyl adjacent to an activating group) is 1. The van der Waals surface area contributed by atoms with Crippen molar-refractivity contribution in [3.8, 4) is 6.07 Å². The van der Waals surface area contributed by atoms with Crippen molar-refractivity contribution in [1.29, 1.82) is 5.26 Å². The molecule has 6 heteroatoms. The maximum absolute atomic E-state index is 11.7. The van der Waals surface area contributed by atoms with E-state index in [4.69, 9.17) is 5.26 Å². The Hall–Kier alpha value is -2.88. The number of hydrogen-bond donors (Lipinski definition) is 3. The van der Waals surface area contributed by atoms with Crippen LogP contribution in [0.5, 0.6) is 0 Å². The van der Waals surface area contributed by atoms with Crippen molar-refractivity contribution in [2.24, 2.45) is 0 Å². The summed E-state index contributed by atoms with van der Waals surface area (Å²) in [5.41, 5.74) is 1.65. The van der Waals surface area contributed by atoms with E-state index in [2.05, 4.69) is 11.4 Å². The number of hydrogen-bond acceptors (Lipinski definition) is 5. The molecule has 1 saturated heterocycles. The van der Waals surface area contributed by atoms with Crippen LogP contribution in [0.1, 0.15) is 40.7 Å². The number of rotatable bonds is 7. The fourth-order valence-corrected chi connectivity index (χ4v) is 4.19. The fourth-order valence-electron chi connectivity index (χ4n) is 4.19. The van der Waals surface area contributed by atoms with Gasteiger partial charge in [0, 0.05) is 7.05 Å². The zero-order valence-corrected chi connectivity index (χ0v) is 16.6. The molecule has 29 heavy (non-hydrogen) atoms. The van der Waals surface area contributed by atoms with Crippen molar-refractivity contribution in [1.82, 2.24) is 5.32 Å². The number of carboxylic acids is 1. The van der Waals surface area contributed by atoms with Crippen LogP contribution in [0.15, 0.2) is 48.5 Å². The Kier molecular flexibility index (Phi) is 6.53. The van der Waals surface area contributed by atoms with Crippen LogP contribution in [0.4, 0.5) is 5.69 Å². The number of nitrogens with one attached hydrogen (secondary N) is 1. The summed E-state index contributed by atoms with van der Waals surface area (Å²) in [6, 6.07) is 16.3. The molecule has 0 spiro atoms. The first-order valence-electron chi connectivity index (χ1n) is 9.92. The summed E-state index contributed by atoms with van der Waals surface area (Å²) >= 11 is 0. The molecule has 2 aromatic carbocycles. The van der Waals surface area contributed by atoms with E-state index in [1.54, 1.807) is 30.3 Å². The molecule has 1 atom stereocenters. The number of para-hydroxylation sites is 1. The lowest BCUT2D eigenvalue weighted by Crippen LogP contribution is -2.56. The van der Waals surface area contributed by atoms with Gasteiger partial charge in [-0.2, -0.15) is 5.26 Å². The minimum absolute atomic E-state index is 0.232. The SMILES string of the molecule is CN(c1ccccc1C(=O)O)C(CCc1ccc(C#N)cc1)C1(O)CCNCC1. The highest BCUT2D eigenvalue weighted by Gasteiger charge is 2.40. The smallest absolute Gasteiger partial charge is 0.337 e. The van der Waals surface area contributed by atoms with Gasteiger partial charge in [-0.15, -0.1) is 0 Å². The van der Waals surface area contributed by atoms with E-state index in [9.17, 15) is 15.0 Å². The van der Waals surface area contributed by atoms with E-state index in [0.717, 1.165) is 25.1 Å². The molecule has 6 nitrogen and oxygen atoms in total. The molecule has 3 N–H and O–H groups in total. The number of benzene rings is 2. The predicted molar refractivity (Wildman–Crippen MR) is 112 cm³/mol. The molecule has 0 aromatic heterocycles. The van der Waals surface area contributed by atoms with Gasteiger partial charge in [-0.3, -0.25) is 0 Å². The summed E-state index contributed by atoms with van der Waals surface area (Å²) in [5.74, 6) is -0.976. The van der Waals surface area contributed by atoms with Crippen LogP contribution in [0.3, 0.4) is 0 Å². The summed E-state index contributed by atoms with van der Waals surface area (Å²) in [6.45, 7) is 1.47. The molecule has 0 amide bonds. The van der Waals surface area contributed by atoms with Crippen molar-refractivity contribution >= 4 is 11.7 Å². The highest BCUT2D eigenvalue weighted by atomic mass is 16.4. The zero-order chi connectivity index (χ0) is 20.9. The van der Waals surface area contributed by atoms with E-state index >= 15 is 0 Å². The number of carbonyl (C=O) groups is 1. The van der Waals surface area contributed by atoms with Crippen LogP contribution in [-0.2, 0) is 6.42 Å². The Balaban J connectivity index is 1.88. The van der Waals surface area contributed by atoms with E-state index in [0.29, 0.717) is 30.5 Å². The molecular weight excluding hydrogens is 366 g/mol. The van der Waals surface area contributed by atoms with E-state index in [1.807, 2.05) is 30.1 Å². The molecule has 1 unspecified atom stereocenters. The molecule has 152 valence electrons. The lowest BCUT2D eigenvalue weighted by Gasteiger charge is -2.45. The number of anilines is 1. The maximum Gasteiger partial charge on any atom is 0.337 e. The average molecular weight is 393 g/mol. The number of carboxylic acid groups (broad SMARTS) is 1. The molecule has 0 saturated carbocycles. The van der Waals surface area contributed by atoms with Crippen LogP contribution in [0.25, 0.3) is 0 Å². The van der Waals surface area contributed by atoms with Gasteiger partial charge in [0.15, 0.2) is 0 Å². The highest BCUT2D eigenvalue weighted by Crippen LogP contribution is 2.33. The number of nitrogens with zero attached hydrogens (tertiary/aromatic N) is 2. The lowest BCUT2D eigenvalue weighted by molar-refractivity contribution is -0.0167. The van der Waals surface area contributed by atoms with Crippen molar-refractivity contribution in [3.05, 3.63) is 65.2 Å². The summed E-state index contributed by atoms with van der Waals surface area (Å²) in [5, 5.41) is 33.3. The molecule has 1 aliphatic rings. The number of piperidine rings is 1. The molecule has 0 bridgehead atoms. The molecule has 1 heterocycles. The summed E-state index contributed by atoms with van der Waals surface area (Å²) in [4.78, 5) is 13.6. The van der Waals surface area contributed by atoms with E-state index in [1.165, 1.54) is 0 Å². The molecular formula is C23H27N3O3. The third-order valence-electron chi connectivity index (χ3n) is 5.86. The third-order valence-corrected chi connectivity index (χ3v) is 5.86. The maximum atomic E-state index is 11.7. The summed E-state index contributed by atoms with van der Waals surface area (Å²) < 4.78 is 0. The van der Waals surface area contributed by atoms with Crippen LogP contribution in [0.2, 0.25) is 0 Å².